The van der Waals surface area contributed by atoms with Crippen LogP contribution in [0, 0.1) is 62.6 Å². The van der Waals surface area contributed by atoms with Crippen LogP contribution in [-0.2, 0) is 6.54 Å². The fraction of sp³-hybridized carbons (Fsp3) is 0.705. The fourth-order valence-corrected chi connectivity index (χ4v) is 15.1. The number of hydrogen-bond acceptors (Lipinski definition) is 3. The number of rotatable bonds is 4. The van der Waals surface area contributed by atoms with Gasteiger partial charge in [-0.05, 0) is 157 Å². The third kappa shape index (κ3) is 4.40. The van der Waals surface area contributed by atoms with E-state index in [-0.39, 0.29) is 5.41 Å². The van der Waals surface area contributed by atoms with Crippen molar-refractivity contribution in [2.75, 3.05) is 0 Å². The van der Waals surface area contributed by atoms with E-state index in [9.17, 15) is 0 Å². The monoisotopic (exact) mass is 693 g/mol. The van der Waals surface area contributed by atoms with Gasteiger partial charge < -0.3 is 4.57 Å². The first-order valence-electron chi connectivity index (χ1n) is 20.2. The quantitative estimate of drug-likeness (QED) is 0.214. The van der Waals surface area contributed by atoms with Gasteiger partial charge >= 0.3 is 0 Å². The van der Waals surface area contributed by atoms with E-state index in [0.29, 0.717) is 40.2 Å². The molecule has 0 radical (unpaired) electrons. The minimum absolute atomic E-state index is 0.109. The summed E-state index contributed by atoms with van der Waals surface area (Å²) in [7, 11) is 0. The summed E-state index contributed by atoms with van der Waals surface area (Å²) < 4.78 is 4.64. The van der Waals surface area contributed by atoms with Crippen molar-refractivity contribution in [1.82, 2.24) is 24.5 Å². The molecular weight excluding hydrogens is 634 g/mol. The van der Waals surface area contributed by atoms with E-state index in [1.165, 1.54) is 69.7 Å². The Labute approximate surface area is 305 Å². The van der Waals surface area contributed by atoms with Gasteiger partial charge in [-0.25, -0.2) is 9.67 Å². The van der Waals surface area contributed by atoms with Crippen LogP contribution in [-0.4, -0.2) is 24.5 Å². The molecule has 0 bridgehead atoms. The van der Waals surface area contributed by atoms with Crippen molar-refractivity contribution in [2.45, 2.75) is 132 Å². The highest BCUT2D eigenvalue weighted by atomic mass is 35.5. The first-order valence-corrected chi connectivity index (χ1v) is 20.5. The van der Waals surface area contributed by atoms with E-state index in [1.54, 1.807) is 0 Å². The molecule has 0 aliphatic heterocycles. The van der Waals surface area contributed by atoms with Crippen LogP contribution in [0.4, 0.5) is 0 Å². The van der Waals surface area contributed by atoms with Gasteiger partial charge in [0.1, 0.15) is 17.9 Å². The van der Waals surface area contributed by atoms with E-state index in [2.05, 4.69) is 88.5 Å². The van der Waals surface area contributed by atoms with Crippen molar-refractivity contribution in [2.24, 2.45) is 62.6 Å². The van der Waals surface area contributed by atoms with Crippen LogP contribution in [0.2, 0.25) is 5.02 Å². The maximum atomic E-state index is 6.57. The Morgan fingerprint density at radius 3 is 2.38 bits per heavy atom. The number of nitrogens with zero attached hydrogens (tertiary/aromatic N) is 5. The molecule has 5 aliphatic rings. The van der Waals surface area contributed by atoms with Gasteiger partial charge in [-0.2, -0.15) is 0 Å². The molecule has 4 aromatic rings. The zero-order chi connectivity index (χ0) is 35.0. The molecule has 0 amide bonds. The predicted molar refractivity (Wildman–Crippen MR) is 205 cm³/mol. The van der Waals surface area contributed by atoms with Crippen molar-refractivity contribution in [1.29, 1.82) is 0 Å². The minimum Gasteiger partial charge on any atom is -0.323 e. The van der Waals surface area contributed by atoms with Crippen LogP contribution in [0.15, 0.2) is 42.5 Å². The maximum absolute atomic E-state index is 6.57. The number of aromatic nitrogens is 5. The lowest BCUT2D eigenvalue weighted by Gasteiger charge is -2.73. The summed E-state index contributed by atoms with van der Waals surface area (Å²) in [6, 6.07) is 14.9. The van der Waals surface area contributed by atoms with Crippen LogP contribution in [0.25, 0.3) is 22.1 Å². The first kappa shape index (κ1) is 33.4. The van der Waals surface area contributed by atoms with E-state index in [4.69, 9.17) is 16.6 Å². The van der Waals surface area contributed by atoms with Gasteiger partial charge in [-0.3, -0.25) is 0 Å². The first-order chi connectivity index (χ1) is 23.7. The van der Waals surface area contributed by atoms with Gasteiger partial charge in [0.25, 0.3) is 0 Å². The zero-order valence-corrected chi connectivity index (χ0v) is 32.7. The zero-order valence-electron chi connectivity index (χ0n) is 32.0. The number of hydrogen-bond donors (Lipinski definition) is 0. The van der Waals surface area contributed by atoms with Gasteiger partial charge in [-0.15, -0.1) is 5.10 Å². The highest BCUT2D eigenvalue weighted by Gasteiger charge is 2.70. The molecule has 5 fully saturated rings. The van der Waals surface area contributed by atoms with E-state index >= 15 is 0 Å². The second kappa shape index (κ2) is 11.1. The lowest BCUT2D eigenvalue weighted by atomic mass is 9.32. The molecule has 0 spiro atoms. The number of halogens is 1. The lowest BCUT2D eigenvalue weighted by Crippen LogP contribution is -2.66. The van der Waals surface area contributed by atoms with Crippen LogP contribution < -0.4 is 0 Å². The summed E-state index contributed by atoms with van der Waals surface area (Å²) in [5.74, 6) is 6.05. The van der Waals surface area contributed by atoms with Gasteiger partial charge in [-0.1, -0.05) is 84.3 Å². The third-order valence-corrected chi connectivity index (χ3v) is 17.7. The standard InChI is InChI=1S/C44H60ClN5/c1-27(2)29-17-20-41(5)23-24-43(7)30(39(29)41)14-16-36-42(6)21-19-37(40(3,4)35(42)18-22-44(36,43)8)50-34-15-13-28(45)25-32(34)46-38(50)26-49-33-12-10-9-11-31(33)47-48-49/h9-13,15,25,27,29-30,35-37,39H,14,16-24,26H2,1-8H3/t29-,30+,35-,36+,37?,39+,41+,42-,43+,44+/m0/s1. The molecule has 2 aromatic carbocycles. The molecule has 10 atom stereocenters. The molecule has 0 saturated heterocycles. The Balaban J connectivity index is 1.08. The van der Waals surface area contributed by atoms with E-state index < -0.39 is 0 Å². The highest BCUT2D eigenvalue weighted by Crippen LogP contribution is 2.78. The molecule has 6 heteroatoms. The molecule has 9 rings (SSSR count). The van der Waals surface area contributed by atoms with Crippen LogP contribution in [0.1, 0.15) is 131 Å². The number of imidazole rings is 1. The summed E-state index contributed by atoms with van der Waals surface area (Å²) in [5, 5.41) is 9.82. The highest BCUT2D eigenvalue weighted by molar-refractivity contribution is 6.31. The lowest BCUT2D eigenvalue weighted by molar-refractivity contribution is -0.241. The normalized spacial score (nSPS) is 40.8. The van der Waals surface area contributed by atoms with Gasteiger partial charge in [0.05, 0.1) is 16.6 Å². The van der Waals surface area contributed by atoms with Crippen molar-refractivity contribution >= 4 is 33.7 Å². The molecule has 5 saturated carbocycles. The number of benzene rings is 2. The second-order valence-electron chi connectivity index (χ2n) is 19.9. The SMILES string of the molecule is CC(C)[C@@H]1CC[C@]2(C)CC[C@]3(C)[C@H](CC[C@@H]4[C@@]5(C)CCC(n6c(Cn7nnc8ccccc87)nc7cc(Cl)ccc76)C(C)(C)[C@@H]5CC[C@]43C)[C@@H]12. The smallest absolute Gasteiger partial charge is 0.132 e. The summed E-state index contributed by atoms with van der Waals surface area (Å²) in [6.45, 7) is 22.0. The average molecular weight is 694 g/mol. The molecule has 1 unspecified atom stereocenters. The largest absolute Gasteiger partial charge is 0.323 e. The Morgan fingerprint density at radius 1 is 0.780 bits per heavy atom. The van der Waals surface area contributed by atoms with Crippen LogP contribution in [0.3, 0.4) is 0 Å². The van der Waals surface area contributed by atoms with Crippen molar-refractivity contribution in [3.63, 3.8) is 0 Å². The predicted octanol–water partition coefficient (Wildman–Crippen LogP) is 11.8. The Kier molecular flexibility index (Phi) is 7.40. The molecular formula is C44H60ClN5. The molecule has 2 aromatic heterocycles. The van der Waals surface area contributed by atoms with Gasteiger partial charge in [0, 0.05) is 11.1 Å². The Bertz CT molecular complexity index is 1960. The summed E-state index contributed by atoms with van der Waals surface area (Å²) in [4.78, 5) is 5.29. The molecule has 50 heavy (non-hydrogen) atoms. The van der Waals surface area contributed by atoms with Crippen molar-refractivity contribution in [3.8, 4) is 0 Å². The molecule has 5 aliphatic carbocycles. The van der Waals surface area contributed by atoms with Crippen LogP contribution >= 0.6 is 11.6 Å². The van der Waals surface area contributed by atoms with Gasteiger partial charge in [0.2, 0.25) is 0 Å². The summed E-state index contributed by atoms with van der Waals surface area (Å²) in [6.07, 6.45) is 13.9. The summed E-state index contributed by atoms with van der Waals surface area (Å²) >= 11 is 6.57. The summed E-state index contributed by atoms with van der Waals surface area (Å²) in [5.41, 5.74) is 6.04. The molecule has 0 N–H and O–H groups in total. The average Bonchev–Trinajstić information content (AvgIpc) is 3.74. The maximum Gasteiger partial charge on any atom is 0.132 e. The Morgan fingerprint density at radius 2 is 1.58 bits per heavy atom. The topological polar surface area (TPSA) is 48.5 Å². The van der Waals surface area contributed by atoms with E-state index in [1.807, 2.05) is 28.9 Å². The third-order valence-electron chi connectivity index (χ3n) is 17.5. The minimum atomic E-state index is 0.109. The van der Waals surface area contributed by atoms with E-state index in [0.717, 1.165) is 57.0 Å². The second-order valence-corrected chi connectivity index (χ2v) is 20.4. The molecule has 268 valence electrons. The number of fused-ring (bicyclic) bond motifs is 9. The molecule has 2 heterocycles. The van der Waals surface area contributed by atoms with Crippen LogP contribution in [0.5, 0.6) is 0 Å². The van der Waals surface area contributed by atoms with Gasteiger partial charge in [0.15, 0.2) is 0 Å². The Hall–Kier alpha value is -2.40. The van der Waals surface area contributed by atoms with Crippen molar-refractivity contribution in [3.05, 3.63) is 53.3 Å². The molecule has 5 nitrogen and oxygen atoms in total. The van der Waals surface area contributed by atoms with Crippen molar-refractivity contribution < 1.29 is 0 Å². The number of para-hydroxylation sites is 1. The fourth-order valence-electron chi connectivity index (χ4n) is 14.9.